The van der Waals surface area contributed by atoms with E-state index in [0.717, 1.165) is 69.0 Å². The molecular formula is C35H54N8O2. The third kappa shape index (κ3) is 3.99. The summed E-state index contributed by atoms with van der Waals surface area (Å²) in [5, 5.41) is 16.8. The molecule has 2 aromatic rings. The van der Waals surface area contributed by atoms with E-state index in [2.05, 4.69) is 73.3 Å². The molecule has 2 amide bonds. The first-order chi connectivity index (χ1) is 21.0. The van der Waals surface area contributed by atoms with Crippen LogP contribution in [-0.2, 0) is 23.7 Å². The highest BCUT2D eigenvalue weighted by atomic mass is 16.2. The second-order valence-electron chi connectivity index (χ2n) is 17.3. The van der Waals surface area contributed by atoms with Gasteiger partial charge in [-0.2, -0.15) is 5.10 Å². The average molecular weight is 619 g/mol. The predicted octanol–water partition coefficient (Wildman–Crippen LogP) is 4.68. The van der Waals surface area contributed by atoms with Crippen LogP contribution < -0.4 is 28.1 Å². The molecule has 10 N–H and O–H groups in total. The van der Waals surface area contributed by atoms with E-state index < -0.39 is 11.6 Å². The van der Waals surface area contributed by atoms with Gasteiger partial charge in [0.2, 0.25) is 0 Å². The maximum atomic E-state index is 13.2. The van der Waals surface area contributed by atoms with Crippen molar-refractivity contribution in [3.63, 3.8) is 0 Å². The maximum Gasteiger partial charge on any atom is 0.312 e. The number of nitrogens with two attached hydrogens (primary N) is 3. The quantitative estimate of drug-likeness (QED) is 0.245. The van der Waals surface area contributed by atoms with Gasteiger partial charge >= 0.3 is 6.03 Å². The average Bonchev–Trinajstić information content (AvgIpc) is 3.51. The Kier molecular flexibility index (Phi) is 6.48. The summed E-state index contributed by atoms with van der Waals surface area (Å²) in [6, 6.07) is -0.573. The number of aromatic amines is 3. The maximum absolute atomic E-state index is 13.2. The number of H-pyrrole nitrogens is 3. The summed E-state index contributed by atoms with van der Waals surface area (Å²) in [5.74, 6) is 1.81. The molecule has 0 bridgehead atoms. The van der Waals surface area contributed by atoms with E-state index in [-0.39, 0.29) is 38.6 Å². The van der Waals surface area contributed by atoms with Crippen molar-refractivity contribution in [2.75, 3.05) is 12.3 Å². The molecule has 2 heterocycles. The second-order valence-corrected chi connectivity index (χ2v) is 17.3. The lowest BCUT2D eigenvalue weighted by Crippen LogP contribution is -2.71. The minimum Gasteiger partial charge on any atom is -0.382 e. The number of hydrogen-bond acceptors (Lipinski definition) is 5. The molecule has 0 aliphatic heterocycles. The van der Waals surface area contributed by atoms with Gasteiger partial charge in [-0.15, -0.1) is 0 Å². The van der Waals surface area contributed by atoms with E-state index in [1.807, 2.05) is 0 Å². The molecule has 10 heteroatoms. The molecule has 7 atom stereocenters. The highest BCUT2D eigenvalue weighted by molar-refractivity contribution is 5.71. The van der Waals surface area contributed by atoms with Crippen molar-refractivity contribution in [3.05, 3.63) is 44.5 Å². The van der Waals surface area contributed by atoms with Crippen LogP contribution in [0.1, 0.15) is 115 Å². The largest absolute Gasteiger partial charge is 0.382 e. The molecule has 10 nitrogen and oxygen atoms in total. The number of hydrogen-bond donors (Lipinski definition) is 7. The smallest absolute Gasteiger partial charge is 0.312 e. The molecule has 3 saturated carbocycles. The summed E-state index contributed by atoms with van der Waals surface area (Å²) < 4.78 is 0. The van der Waals surface area contributed by atoms with Crippen LogP contribution in [0.4, 0.5) is 10.6 Å². The molecule has 3 unspecified atom stereocenters. The number of nitrogen functional groups attached to an aromatic ring is 1. The summed E-state index contributed by atoms with van der Waals surface area (Å²) in [5.41, 5.74) is 24.7. The van der Waals surface area contributed by atoms with Gasteiger partial charge in [0.15, 0.2) is 0 Å². The summed E-state index contributed by atoms with van der Waals surface area (Å²) in [6.07, 6.45) is 12.1. The number of carbonyl (C=O) groups is 1. The molecule has 45 heavy (non-hydrogen) atoms. The van der Waals surface area contributed by atoms with Crippen molar-refractivity contribution in [1.82, 2.24) is 25.7 Å². The summed E-state index contributed by atoms with van der Waals surface area (Å²) in [4.78, 5) is 24.6. The van der Waals surface area contributed by atoms with Gasteiger partial charge < -0.3 is 27.6 Å². The molecule has 5 aliphatic carbocycles. The Labute approximate surface area is 266 Å². The third-order valence-corrected chi connectivity index (χ3v) is 14.5. The fourth-order valence-corrected chi connectivity index (χ4v) is 12.2. The number of primary amides is 1. The first-order valence-corrected chi connectivity index (χ1v) is 17.2. The summed E-state index contributed by atoms with van der Waals surface area (Å²) in [6.45, 7) is 14.9. The van der Waals surface area contributed by atoms with E-state index in [0.29, 0.717) is 30.6 Å². The topological polar surface area (TPSA) is 184 Å². The zero-order chi connectivity index (χ0) is 32.4. The summed E-state index contributed by atoms with van der Waals surface area (Å²) in [7, 11) is 0. The minimum atomic E-state index is -0.573. The Bertz CT molecular complexity index is 1630. The van der Waals surface area contributed by atoms with Crippen LogP contribution in [0.5, 0.6) is 0 Å². The molecule has 0 radical (unpaired) electrons. The molecular weight excluding hydrogens is 564 g/mol. The highest BCUT2D eigenvalue weighted by Crippen LogP contribution is 2.72. The molecule has 2 aromatic heterocycles. The van der Waals surface area contributed by atoms with Crippen LogP contribution in [0.3, 0.4) is 0 Å². The first-order valence-electron chi connectivity index (χ1n) is 17.2. The Balaban J connectivity index is 1.32. The Hall–Kier alpha value is -3.01. The fourth-order valence-electron chi connectivity index (χ4n) is 12.2. The van der Waals surface area contributed by atoms with Crippen LogP contribution >= 0.6 is 0 Å². The van der Waals surface area contributed by atoms with Gasteiger partial charge in [0, 0.05) is 45.4 Å². The van der Waals surface area contributed by atoms with Gasteiger partial charge in [-0.3, -0.25) is 15.0 Å². The van der Waals surface area contributed by atoms with E-state index in [1.165, 1.54) is 16.8 Å². The Morgan fingerprint density at radius 3 is 2.49 bits per heavy atom. The van der Waals surface area contributed by atoms with Crippen molar-refractivity contribution in [3.8, 4) is 0 Å². The van der Waals surface area contributed by atoms with Crippen molar-refractivity contribution in [1.29, 1.82) is 0 Å². The van der Waals surface area contributed by atoms with Crippen molar-refractivity contribution in [2.24, 2.45) is 45.5 Å². The minimum absolute atomic E-state index is 0.0444. The highest BCUT2D eigenvalue weighted by Gasteiger charge is 2.69. The van der Waals surface area contributed by atoms with Crippen LogP contribution in [0.15, 0.2) is 16.4 Å². The van der Waals surface area contributed by atoms with Crippen LogP contribution in [0.2, 0.25) is 0 Å². The molecule has 0 spiro atoms. The van der Waals surface area contributed by atoms with Crippen LogP contribution in [0.25, 0.3) is 0 Å². The summed E-state index contributed by atoms with van der Waals surface area (Å²) >= 11 is 0. The van der Waals surface area contributed by atoms with Gasteiger partial charge in [-0.25, -0.2) is 4.79 Å². The lowest BCUT2D eigenvalue weighted by molar-refractivity contribution is -0.132. The standard InChI is InChI=1S/C35H54N8O2/c1-30(2)12-13-34(26-19(28(44)43-41-26)10-16-39-29(37)45)14-15-35(38)21(22(34)18-30)7-8-24-32(5)17-20-25(40-42-27(20)36)31(3,4)23(32)9-11-33(24,35)6/h7,22-24H,8-18,38H2,1-6H3,(H3,36,40,42)(H3,37,39,45)(H2,41,43,44)/t22?,23?,24?,32-,33+,34-,35-/m0/s1. The molecule has 7 rings (SSSR count). The van der Waals surface area contributed by atoms with E-state index in [9.17, 15) is 9.59 Å². The lowest BCUT2D eigenvalue weighted by atomic mass is 9.35. The lowest BCUT2D eigenvalue weighted by Gasteiger charge is -2.70. The number of amides is 2. The molecule has 5 aliphatic rings. The van der Waals surface area contributed by atoms with Gasteiger partial charge in [0.1, 0.15) is 5.82 Å². The van der Waals surface area contributed by atoms with Gasteiger partial charge in [-0.05, 0) is 104 Å². The van der Waals surface area contributed by atoms with Crippen molar-refractivity contribution in [2.45, 2.75) is 122 Å². The SMILES string of the molecule is CC1(C)CC[C@]2(c3[nH][nH]c(=O)c3CCNC(N)=O)CC[C@]3(N)C(=CCC4[C@@]5(C)Cc6c(N)n[nH]c6C(C)(C)C5CC[C@]43C)C2C1. The zero-order valence-corrected chi connectivity index (χ0v) is 28.1. The fraction of sp³-hybridized carbons (Fsp3) is 0.743. The second kappa shape index (κ2) is 9.52. The monoisotopic (exact) mass is 618 g/mol. The van der Waals surface area contributed by atoms with E-state index >= 15 is 0 Å². The molecule has 0 aromatic carbocycles. The number of fused-ring (bicyclic) bond motifs is 8. The van der Waals surface area contributed by atoms with E-state index in [4.69, 9.17) is 17.2 Å². The van der Waals surface area contributed by atoms with Crippen molar-refractivity contribution < 1.29 is 4.79 Å². The molecule has 246 valence electrons. The van der Waals surface area contributed by atoms with Crippen molar-refractivity contribution >= 4 is 11.8 Å². The first kappa shape index (κ1) is 30.6. The number of nitrogens with zero attached hydrogens (tertiary/aromatic N) is 1. The third-order valence-electron chi connectivity index (χ3n) is 14.5. The number of nitrogens with one attached hydrogen (secondary N) is 4. The number of rotatable bonds is 4. The number of allylic oxidation sites excluding steroid dienone is 1. The zero-order valence-electron chi connectivity index (χ0n) is 28.1. The Morgan fingerprint density at radius 2 is 1.76 bits per heavy atom. The normalized spacial score (nSPS) is 39.4. The predicted molar refractivity (Wildman–Crippen MR) is 177 cm³/mol. The number of anilines is 1. The number of aromatic nitrogens is 4. The van der Waals surface area contributed by atoms with E-state index in [1.54, 1.807) is 0 Å². The molecule has 0 saturated heterocycles. The number of urea groups is 1. The molecule has 3 fully saturated rings. The van der Waals surface area contributed by atoms with Crippen LogP contribution in [0, 0.1) is 34.0 Å². The number of carbonyl (C=O) groups excluding carboxylic acids is 1. The Morgan fingerprint density at radius 1 is 1.02 bits per heavy atom. The van der Waals surface area contributed by atoms with Gasteiger partial charge in [0.25, 0.3) is 5.56 Å². The van der Waals surface area contributed by atoms with Gasteiger partial charge in [-0.1, -0.05) is 47.6 Å². The van der Waals surface area contributed by atoms with Crippen LogP contribution in [-0.4, -0.2) is 38.5 Å². The van der Waals surface area contributed by atoms with Gasteiger partial charge in [0.05, 0.1) is 0 Å².